The van der Waals surface area contributed by atoms with E-state index in [4.69, 9.17) is 32.7 Å². The van der Waals surface area contributed by atoms with Crippen molar-refractivity contribution in [2.75, 3.05) is 13.9 Å². The molecule has 1 atom stereocenters. The van der Waals surface area contributed by atoms with Gasteiger partial charge in [-0.15, -0.1) is 0 Å². The Kier molecular flexibility index (Phi) is 5.81. The van der Waals surface area contributed by atoms with Crippen molar-refractivity contribution >= 4 is 39.2 Å². The molecule has 1 aliphatic heterocycles. The molecule has 27 heavy (non-hydrogen) atoms. The zero-order chi connectivity index (χ0) is 19.6. The van der Waals surface area contributed by atoms with E-state index in [1.165, 1.54) is 25.3 Å². The van der Waals surface area contributed by atoms with Crippen LogP contribution in [-0.2, 0) is 19.6 Å². The van der Waals surface area contributed by atoms with Crippen molar-refractivity contribution < 1.29 is 27.4 Å². The monoisotopic (exact) mass is 431 g/mol. The summed E-state index contributed by atoms with van der Waals surface area (Å²) in [5.74, 6) is 0.413. The molecule has 144 valence electrons. The molecular formula is C17H15Cl2NO6S. The molecule has 0 amide bonds. The van der Waals surface area contributed by atoms with Gasteiger partial charge in [0.05, 0.1) is 24.6 Å². The predicted octanol–water partition coefficient (Wildman–Crippen LogP) is 3.30. The molecule has 1 aliphatic rings. The third kappa shape index (κ3) is 4.47. The van der Waals surface area contributed by atoms with Crippen LogP contribution in [0.4, 0.5) is 0 Å². The van der Waals surface area contributed by atoms with Gasteiger partial charge in [0, 0.05) is 5.02 Å². The number of hydrogen-bond donors (Lipinski definition) is 1. The molecule has 0 bridgehead atoms. The molecule has 0 radical (unpaired) electrons. The summed E-state index contributed by atoms with van der Waals surface area (Å²) < 4.78 is 43.4. The van der Waals surface area contributed by atoms with Gasteiger partial charge in [0.1, 0.15) is 4.90 Å². The van der Waals surface area contributed by atoms with Crippen LogP contribution in [0.25, 0.3) is 0 Å². The molecule has 0 unspecified atom stereocenters. The second-order valence-electron chi connectivity index (χ2n) is 5.64. The highest BCUT2D eigenvalue weighted by Crippen LogP contribution is 2.35. The summed E-state index contributed by atoms with van der Waals surface area (Å²) in [4.78, 5) is 11.6. The number of carbonyl (C=O) groups excluding carboxylic acids is 1. The molecule has 1 heterocycles. The van der Waals surface area contributed by atoms with E-state index in [1.807, 2.05) is 0 Å². The fourth-order valence-corrected chi connectivity index (χ4v) is 4.53. The summed E-state index contributed by atoms with van der Waals surface area (Å²) in [6, 6.07) is 8.08. The smallest absolute Gasteiger partial charge is 0.307 e. The number of fused-ring (bicyclic) bond motifs is 1. The molecule has 0 fully saturated rings. The van der Waals surface area contributed by atoms with Crippen LogP contribution in [-0.4, -0.2) is 28.3 Å². The standard InChI is InChI=1S/C17H15Cl2NO6S/c1-24-17(21)8-13(10-2-5-14-15(6-10)26-9-25-14)20-27(22,23)16-7-11(18)3-4-12(16)19/h2-7,13,20H,8-9H2,1H3/t13-/m1/s1. The van der Waals surface area contributed by atoms with E-state index in [9.17, 15) is 13.2 Å². The Hall–Kier alpha value is -2.00. The number of benzene rings is 2. The van der Waals surface area contributed by atoms with Crippen LogP contribution in [0.5, 0.6) is 11.5 Å². The van der Waals surface area contributed by atoms with E-state index < -0.39 is 22.0 Å². The van der Waals surface area contributed by atoms with E-state index >= 15 is 0 Å². The number of hydrogen-bond acceptors (Lipinski definition) is 6. The molecule has 7 nitrogen and oxygen atoms in total. The van der Waals surface area contributed by atoms with Crippen molar-refractivity contribution in [2.24, 2.45) is 0 Å². The number of ether oxygens (including phenoxy) is 3. The highest BCUT2D eigenvalue weighted by atomic mass is 35.5. The minimum absolute atomic E-state index is 0.00871. The van der Waals surface area contributed by atoms with Gasteiger partial charge in [-0.3, -0.25) is 4.79 Å². The van der Waals surface area contributed by atoms with Crippen molar-refractivity contribution in [1.82, 2.24) is 4.72 Å². The predicted molar refractivity (Wildman–Crippen MR) is 98.7 cm³/mol. The molecule has 0 saturated heterocycles. The number of esters is 1. The van der Waals surface area contributed by atoms with Gasteiger partial charge >= 0.3 is 5.97 Å². The number of sulfonamides is 1. The SMILES string of the molecule is COC(=O)C[C@@H](NS(=O)(=O)c1cc(Cl)ccc1Cl)c1ccc2c(c1)OCO2. The Bertz CT molecular complexity index is 979. The van der Waals surface area contributed by atoms with Crippen LogP contribution < -0.4 is 14.2 Å². The molecule has 2 aromatic rings. The number of nitrogens with one attached hydrogen (secondary N) is 1. The van der Waals surface area contributed by atoms with Gasteiger partial charge in [0.25, 0.3) is 0 Å². The quantitative estimate of drug-likeness (QED) is 0.705. The second kappa shape index (κ2) is 7.93. The lowest BCUT2D eigenvalue weighted by atomic mass is 10.0. The maximum absolute atomic E-state index is 12.8. The third-order valence-electron chi connectivity index (χ3n) is 3.88. The first-order valence-electron chi connectivity index (χ1n) is 7.74. The lowest BCUT2D eigenvalue weighted by Gasteiger charge is -2.19. The Morgan fingerprint density at radius 3 is 2.67 bits per heavy atom. The van der Waals surface area contributed by atoms with Gasteiger partial charge < -0.3 is 14.2 Å². The zero-order valence-corrected chi connectivity index (χ0v) is 16.4. The molecule has 0 aliphatic carbocycles. The van der Waals surface area contributed by atoms with Gasteiger partial charge in [0.15, 0.2) is 11.5 Å². The first kappa shape index (κ1) is 19.8. The van der Waals surface area contributed by atoms with Crippen LogP contribution >= 0.6 is 23.2 Å². The minimum atomic E-state index is -4.07. The highest BCUT2D eigenvalue weighted by Gasteiger charge is 2.27. The number of halogens is 2. The van der Waals surface area contributed by atoms with E-state index in [1.54, 1.807) is 18.2 Å². The van der Waals surface area contributed by atoms with E-state index in [2.05, 4.69) is 9.46 Å². The molecule has 0 spiro atoms. The van der Waals surface area contributed by atoms with Crippen molar-refractivity contribution in [3.8, 4) is 11.5 Å². The molecule has 3 rings (SSSR count). The number of methoxy groups -OCH3 is 1. The van der Waals surface area contributed by atoms with Crippen molar-refractivity contribution in [3.63, 3.8) is 0 Å². The summed E-state index contributed by atoms with van der Waals surface area (Å²) in [7, 11) is -2.85. The molecule has 2 aromatic carbocycles. The largest absolute Gasteiger partial charge is 0.469 e. The Morgan fingerprint density at radius 1 is 1.19 bits per heavy atom. The molecule has 0 saturated carbocycles. The van der Waals surface area contributed by atoms with Crippen molar-refractivity contribution in [3.05, 3.63) is 52.0 Å². The Balaban J connectivity index is 1.96. The van der Waals surface area contributed by atoms with Crippen LogP contribution in [0, 0.1) is 0 Å². The molecule has 1 N–H and O–H groups in total. The lowest BCUT2D eigenvalue weighted by molar-refractivity contribution is -0.141. The highest BCUT2D eigenvalue weighted by molar-refractivity contribution is 7.89. The van der Waals surface area contributed by atoms with Crippen LogP contribution in [0.3, 0.4) is 0 Å². The first-order valence-corrected chi connectivity index (χ1v) is 9.98. The first-order chi connectivity index (χ1) is 12.8. The average Bonchev–Trinajstić information content (AvgIpc) is 3.10. The van der Waals surface area contributed by atoms with Gasteiger partial charge in [0.2, 0.25) is 16.8 Å². The number of rotatable bonds is 6. The molecule has 0 aromatic heterocycles. The zero-order valence-electron chi connectivity index (χ0n) is 14.1. The average molecular weight is 432 g/mol. The second-order valence-corrected chi connectivity index (χ2v) is 8.17. The van der Waals surface area contributed by atoms with Crippen molar-refractivity contribution in [2.45, 2.75) is 17.4 Å². The van der Waals surface area contributed by atoms with E-state index in [-0.39, 0.29) is 28.2 Å². The fourth-order valence-electron chi connectivity index (χ4n) is 2.54. The van der Waals surface area contributed by atoms with Crippen LogP contribution in [0.1, 0.15) is 18.0 Å². The van der Waals surface area contributed by atoms with Crippen LogP contribution in [0.15, 0.2) is 41.3 Å². The summed E-state index contributed by atoms with van der Waals surface area (Å²) in [6.45, 7) is 0.0737. The van der Waals surface area contributed by atoms with E-state index in [0.717, 1.165) is 0 Å². The van der Waals surface area contributed by atoms with Gasteiger partial charge in [-0.05, 0) is 35.9 Å². The number of carbonyl (C=O) groups is 1. The maximum Gasteiger partial charge on any atom is 0.307 e. The van der Waals surface area contributed by atoms with E-state index in [0.29, 0.717) is 17.1 Å². The van der Waals surface area contributed by atoms with Gasteiger partial charge in [-0.1, -0.05) is 29.3 Å². The topological polar surface area (TPSA) is 90.9 Å². The maximum atomic E-state index is 12.8. The molecule has 10 heteroatoms. The van der Waals surface area contributed by atoms with Gasteiger partial charge in [-0.25, -0.2) is 13.1 Å². The third-order valence-corrected chi connectivity index (χ3v) is 6.07. The minimum Gasteiger partial charge on any atom is -0.469 e. The summed E-state index contributed by atoms with van der Waals surface area (Å²) in [6.07, 6.45) is -0.229. The normalized spacial score (nSPS) is 14.0. The Morgan fingerprint density at radius 2 is 1.93 bits per heavy atom. The van der Waals surface area contributed by atoms with Crippen molar-refractivity contribution in [1.29, 1.82) is 0 Å². The fraction of sp³-hybridized carbons (Fsp3) is 0.235. The lowest BCUT2D eigenvalue weighted by Crippen LogP contribution is -2.30. The van der Waals surface area contributed by atoms with Gasteiger partial charge in [-0.2, -0.15) is 0 Å². The Labute approximate surface area is 166 Å². The summed E-state index contributed by atoms with van der Waals surface area (Å²) in [5.41, 5.74) is 0.506. The summed E-state index contributed by atoms with van der Waals surface area (Å²) >= 11 is 11.9. The summed E-state index contributed by atoms with van der Waals surface area (Å²) in [5, 5.41) is 0.224. The van der Waals surface area contributed by atoms with Crippen LogP contribution in [0.2, 0.25) is 10.0 Å². The molecular weight excluding hydrogens is 417 g/mol.